The SMILES string of the molecule is CCCCCC1(O)CCCCCC1=O. The topological polar surface area (TPSA) is 37.3 Å². The number of rotatable bonds is 4. The molecule has 0 amide bonds. The minimum absolute atomic E-state index is 0.0890. The first-order valence-electron chi connectivity index (χ1n) is 5.95. The van der Waals surface area contributed by atoms with Gasteiger partial charge in [0.05, 0.1) is 0 Å². The van der Waals surface area contributed by atoms with Crippen molar-refractivity contribution in [3.8, 4) is 0 Å². The Morgan fingerprint density at radius 1 is 1.29 bits per heavy atom. The van der Waals surface area contributed by atoms with Gasteiger partial charge in [-0.1, -0.05) is 39.0 Å². The Hall–Kier alpha value is -0.370. The lowest BCUT2D eigenvalue weighted by Gasteiger charge is -2.24. The smallest absolute Gasteiger partial charge is 0.164 e. The molecule has 1 aliphatic rings. The van der Waals surface area contributed by atoms with Gasteiger partial charge < -0.3 is 5.11 Å². The molecule has 82 valence electrons. The van der Waals surface area contributed by atoms with E-state index >= 15 is 0 Å². The average Bonchev–Trinajstić information content (AvgIpc) is 2.31. The van der Waals surface area contributed by atoms with Crippen LogP contribution < -0.4 is 0 Å². The highest BCUT2D eigenvalue weighted by atomic mass is 16.3. The van der Waals surface area contributed by atoms with Gasteiger partial charge in [-0.2, -0.15) is 0 Å². The standard InChI is InChI=1S/C12H22O2/c1-2-3-6-9-12(14)10-7-4-5-8-11(12)13/h14H,2-10H2,1H3. The molecule has 0 spiro atoms. The summed E-state index contributed by atoms with van der Waals surface area (Å²) >= 11 is 0. The van der Waals surface area contributed by atoms with Gasteiger partial charge in [0.2, 0.25) is 0 Å². The molecule has 1 unspecified atom stereocenters. The zero-order chi connectivity index (χ0) is 10.4. The number of unbranched alkanes of at least 4 members (excludes halogenated alkanes) is 2. The summed E-state index contributed by atoms with van der Waals surface area (Å²) in [4.78, 5) is 11.7. The number of hydrogen-bond acceptors (Lipinski definition) is 2. The Labute approximate surface area is 86.7 Å². The molecule has 0 aromatic heterocycles. The minimum Gasteiger partial charge on any atom is -0.382 e. The highest BCUT2D eigenvalue weighted by Crippen LogP contribution is 2.28. The van der Waals surface area contributed by atoms with Gasteiger partial charge in [0.15, 0.2) is 5.78 Å². The third-order valence-corrected chi connectivity index (χ3v) is 3.21. The first kappa shape index (κ1) is 11.7. The molecule has 1 aliphatic carbocycles. The van der Waals surface area contributed by atoms with E-state index in [1.807, 2.05) is 0 Å². The van der Waals surface area contributed by atoms with E-state index in [1.165, 1.54) is 0 Å². The molecule has 1 atom stereocenters. The molecule has 0 aromatic carbocycles. The zero-order valence-corrected chi connectivity index (χ0v) is 9.22. The Morgan fingerprint density at radius 3 is 2.79 bits per heavy atom. The van der Waals surface area contributed by atoms with Crippen LogP contribution in [0.15, 0.2) is 0 Å². The van der Waals surface area contributed by atoms with Crippen LogP contribution in [0, 0.1) is 0 Å². The molecule has 0 aromatic rings. The van der Waals surface area contributed by atoms with Crippen molar-refractivity contribution in [2.24, 2.45) is 0 Å². The second kappa shape index (κ2) is 5.50. The van der Waals surface area contributed by atoms with Crippen molar-refractivity contribution < 1.29 is 9.90 Å². The van der Waals surface area contributed by atoms with Crippen molar-refractivity contribution in [1.29, 1.82) is 0 Å². The maximum atomic E-state index is 11.7. The van der Waals surface area contributed by atoms with E-state index in [0.29, 0.717) is 19.3 Å². The number of aliphatic hydroxyl groups is 1. The van der Waals surface area contributed by atoms with Gasteiger partial charge in [0.1, 0.15) is 5.60 Å². The van der Waals surface area contributed by atoms with E-state index in [4.69, 9.17) is 0 Å². The van der Waals surface area contributed by atoms with Crippen LogP contribution in [0.4, 0.5) is 0 Å². The Morgan fingerprint density at radius 2 is 2.07 bits per heavy atom. The van der Waals surface area contributed by atoms with Crippen molar-refractivity contribution >= 4 is 5.78 Å². The lowest BCUT2D eigenvalue weighted by molar-refractivity contribution is -0.138. The highest BCUT2D eigenvalue weighted by molar-refractivity contribution is 5.87. The molecule has 2 nitrogen and oxygen atoms in total. The van der Waals surface area contributed by atoms with Crippen molar-refractivity contribution in [2.45, 2.75) is 70.3 Å². The minimum atomic E-state index is -0.967. The fourth-order valence-electron chi connectivity index (χ4n) is 2.18. The van der Waals surface area contributed by atoms with Gasteiger partial charge in [-0.3, -0.25) is 4.79 Å². The van der Waals surface area contributed by atoms with E-state index in [2.05, 4.69) is 6.92 Å². The van der Waals surface area contributed by atoms with Crippen LogP contribution in [0.25, 0.3) is 0 Å². The first-order valence-corrected chi connectivity index (χ1v) is 5.95. The zero-order valence-electron chi connectivity index (χ0n) is 9.22. The van der Waals surface area contributed by atoms with Crippen LogP contribution in [0.1, 0.15) is 64.7 Å². The second-order valence-corrected chi connectivity index (χ2v) is 4.47. The summed E-state index contributed by atoms with van der Waals surface area (Å²) in [6.45, 7) is 2.14. The molecule has 1 saturated carbocycles. The summed E-state index contributed by atoms with van der Waals surface area (Å²) in [5.41, 5.74) is -0.967. The third kappa shape index (κ3) is 3.09. The quantitative estimate of drug-likeness (QED) is 0.557. The van der Waals surface area contributed by atoms with Crippen molar-refractivity contribution in [3.05, 3.63) is 0 Å². The van der Waals surface area contributed by atoms with Crippen LogP contribution in [0.5, 0.6) is 0 Å². The van der Waals surface area contributed by atoms with Gasteiger partial charge >= 0.3 is 0 Å². The molecule has 1 fully saturated rings. The molecular weight excluding hydrogens is 176 g/mol. The number of hydrogen-bond donors (Lipinski definition) is 1. The predicted molar refractivity (Wildman–Crippen MR) is 57.2 cm³/mol. The van der Waals surface area contributed by atoms with Crippen molar-refractivity contribution in [3.63, 3.8) is 0 Å². The summed E-state index contributed by atoms with van der Waals surface area (Å²) < 4.78 is 0. The molecule has 0 saturated heterocycles. The molecule has 0 bridgehead atoms. The Balaban J connectivity index is 2.45. The van der Waals surface area contributed by atoms with Crippen LogP contribution in [0.2, 0.25) is 0 Å². The first-order chi connectivity index (χ1) is 6.69. The monoisotopic (exact) mass is 198 g/mol. The maximum absolute atomic E-state index is 11.7. The molecule has 0 heterocycles. The fraction of sp³-hybridized carbons (Fsp3) is 0.917. The fourth-order valence-corrected chi connectivity index (χ4v) is 2.18. The van der Waals surface area contributed by atoms with Crippen LogP contribution in [-0.2, 0) is 4.79 Å². The van der Waals surface area contributed by atoms with E-state index in [9.17, 15) is 9.90 Å². The van der Waals surface area contributed by atoms with Gasteiger partial charge in [0, 0.05) is 6.42 Å². The third-order valence-electron chi connectivity index (χ3n) is 3.21. The van der Waals surface area contributed by atoms with Crippen LogP contribution in [0.3, 0.4) is 0 Å². The maximum Gasteiger partial charge on any atom is 0.164 e. The largest absolute Gasteiger partial charge is 0.382 e. The van der Waals surface area contributed by atoms with Gasteiger partial charge in [-0.05, 0) is 19.3 Å². The normalized spacial score (nSPS) is 28.9. The lowest BCUT2D eigenvalue weighted by Crippen LogP contribution is -2.37. The van der Waals surface area contributed by atoms with Crippen LogP contribution >= 0.6 is 0 Å². The van der Waals surface area contributed by atoms with E-state index in [0.717, 1.165) is 38.5 Å². The summed E-state index contributed by atoms with van der Waals surface area (Å²) in [5, 5.41) is 10.2. The summed E-state index contributed by atoms with van der Waals surface area (Å²) in [5.74, 6) is 0.0890. The lowest BCUT2D eigenvalue weighted by atomic mass is 9.87. The molecule has 0 radical (unpaired) electrons. The highest BCUT2D eigenvalue weighted by Gasteiger charge is 2.35. The number of carbonyl (C=O) groups is 1. The van der Waals surface area contributed by atoms with Crippen molar-refractivity contribution in [1.82, 2.24) is 0 Å². The molecule has 1 rings (SSSR count). The van der Waals surface area contributed by atoms with E-state index < -0.39 is 5.60 Å². The number of ketones is 1. The summed E-state index contributed by atoms with van der Waals surface area (Å²) in [6, 6.07) is 0. The predicted octanol–water partition coefficient (Wildman–Crippen LogP) is 2.83. The van der Waals surface area contributed by atoms with Crippen molar-refractivity contribution in [2.75, 3.05) is 0 Å². The van der Waals surface area contributed by atoms with E-state index in [1.54, 1.807) is 0 Å². The van der Waals surface area contributed by atoms with Gasteiger partial charge in [-0.15, -0.1) is 0 Å². The van der Waals surface area contributed by atoms with E-state index in [-0.39, 0.29) is 5.78 Å². The van der Waals surface area contributed by atoms with Gasteiger partial charge in [-0.25, -0.2) is 0 Å². The molecule has 14 heavy (non-hydrogen) atoms. The molecule has 2 heteroatoms. The molecule has 0 aliphatic heterocycles. The summed E-state index contributed by atoms with van der Waals surface area (Å²) in [6.07, 6.45) is 8.28. The Bertz CT molecular complexity index is 189. The Kier molecular flexibility index (Phi) is 4.59. The van der Waals surface area contributed by atoms with Gasteiger partial charge in [0.25, 0.3) is 0 Å². The molecule has 1 N–H and O–H groups in total. The molecular formula is C12H22O2. The number of carbonyl (C=O) groups excluding carboxylic acids is 1. The van der Waals surface area contributed by atoms with Crippen LogP contribution in [-0.4, -0.2) is 16.5 Å². The summed E-state index contributed by atoms with van der Waals surface area (Å²) in [7, 11) is 0. The second-order valence-electron chi connectivity index (χ2n) is 4.47. The average molecular weight is 198 g/mol. The number of Topliss-reactive ketones (excluding diaryl/α,β-unsaturated/α-hetero) is 1.